The van der Waals surface area contributed by atoms with E-state index in [4.69, 9.17) is 15.4 Å². The van der Waals surface area contributed by atoms with Crippen molar-refractivity contribution in [2.45, 2.75) is 27.4 Å². The topological polar surface area (TPSA) is 123 Å². The summed E-state index contributed by atoms with van der Waals surface area (Å²) in [6, 6.07) is 11.0. The molecule has 1 heterocycles. The number of carbonyl (C=O) groups is 3. The van der Waals surface area contributed by atoms with E-state index < -0.39 is 23.3 Å². The first-order chi connectivity index (χ1) is 14.6. The lowest BCUT2D eigenvalue weighted by molar-refractivity contribution is -0.171. The molecule has 2 N–H and O–H groups in total. The number of hydrogen-bond donors (Lipinski definition) is 1. The molecule has 1 aromatic heterocycles. The monoisotopic (exact) mass is 425 g/mol. The summed E-state index contributed by atoms with van der Waals surface area (Å²) in [5.41, 5.74) is 1.43. The fourth-order valence-corrected chi connectivity index (χ4v) is 3.07. The highest BCUT2D eigenvalue weighted by Crippen LogP contribution is 2.37. The highest BCUT2D eigenvalue weighted by Gasteiger charge is 2.39. The summed E-state index contributed by atoms with van der Waals surface area (Å²) < 4.78 is 12.5. The van der Waals surface area contributed by atoms with Gasteiger partial charge in [-0.3, -0.25) is 14.3 Å². The molecule has 0 saturated carbocycles. The Bertz CT molecular complexity index is 1170. The molecular formula is C22H23N3O6. The van der Waals surface area contributed by atoms with Crippen molar-refractivity contribution in [3.05, 3.63) is 48.2 Å². The smallest absolute Gasteiger partial charge is 0.341 e. The summed E-state index contributed by atoms with van der Waals surface area (Å²) in [6.45, 7) is 4.01. The van der Waals surface area contributed by atoms with E-state index in [1.807, 2.05) is 24.3 Å². The van der Waals surface area contributed by atoms with Gasteiger partial charge in [-0.1, -0.05) is 18.2 Å². The van der Waals surface area contributed by atoms with Crippen LogP contribution in [-0.2, 0) is 37.6 Å². The molecular weight excluding hydrogens is 402 g/mol. The van der Waals surface area contributed by atoms with Crippen LogP contribution in [0.3, 0.4) is 0 Å². The first-order valence-corrected chi connectivity index (χ1v) is 9.46. The number of carbonyl (C=O) groups excluding carboxylic acids is 3. The van der Waals surface area contributed by atoms with E-state index in [0.717, 1.165) is 11.1 Å². The third-order valence-corrected chi connectivity index (χ3v) is 4.86. The van der Waals surface area contributed by atoms with Crippen LogP contribution < -0.4 is 10.6 Å². The number of fused-ring (bicyclic) bond motifs is 1. The molecule has 9 heteroatoms. The van der Waals surface area contributed by atoms with Crippen molar-refractivity contribution < 1.29 is 28.7 Å². The minimum atomic E-state index is -1.53. The Hall–Kier alpha value is -3.72. The number of esters is 2. The zero-order valence-corrected chi connectivity index (χ0v) is 17.7. The SMILES string of the molecule is CC(=O)Oc1c(-c2cccc(COC(=O)C(C)(C)C(=O)ON)c2)ccc2c1cnn2C. The van der Waals surface area contributed by atoms with Crippen LogP contribution in [0.25, 0.3) is 22.0 Å². The Morgan fingerprint density at radius 3 is 2.55 bits per heavy atom. The third kappa shape index (κ3) is 4.41. The minimum Gasteiger partial charge on any atom is -0.460 e. The van der Waals surface area contributed by atoms with Crippen molar-refractivity contribution in [3.8, 4) is 16.9 Å². The zero-order valence-electron chi connectivity index (χ0n) is 17.7. The first kappa shape index (κ1) is 22.0. The minimum absolute atomic E-state index is 0.0635. The van der Waals surface area contributed by atoms with Crippen molar-refractivity contribution in [3.63, 3.8) is 0 Å². The number of ether oxygens (including phenoxy) is 2. The molecule has 2 aromatic carbocycles. The summed E-state index contributed by atoms with van der Waals surface area (Å²) >= 11 is 0. The van der Waals surface area contributed by atoms with Gasteiger partial charge in [0.1, 0.15) is 12.4 Å². The molecule has 0 amide bonds. The van der Waals surface area contributed by atoms with Crippen LogP contribution in [0.1, 0.15) is 26.3 Å². The number of aryl methyl sites for hydroxylation is 1. The van der Waals surface area contributed by atoms with Gasteiger partial charge in [-0.05, 0) is 43.2 Å². The van der Waals surface area contributed by atoms with Crippen LogP contribution in [0.2, 0.25) is 0 Å². The molecule has 0 aliphatic rings. The van der Waals surface area contributed by atoms with E-state index in [2.05, 4.69) is 9.94 Å². The number of hydrogen-bond acceptors (Lipinski definition) is 8. The Morgan fingerprint density at radius 2 is 1.87 bits per heavy atom. The molecule has 3 aromatic rings. The molecule has 0 aliphatic heterocycles. The van der Waals surface area contributed by atoms with Crippen LogP contribution in [0.15, 0.2) is 42.6 Å². The summed E-state index contributed by atoms with van der Waals surface area (Å²) in [4.78, 5) is 39.8. The van der Waals surface area contributed by atoms with Crippen molar-refractivity contribution in [2.75, 3.05) is 0 Å². The van der Waals surface area contributed by atoms with Gasteiger partial charge in [-0.2, -0.15) is 11.0 Å². The molecule has 9 nitrogen and oxygen atoms in total. The molecule has 162 valence electrons. The first-order valence-electron chi connectivity index (χ1n) is 9.46. The van der Waals surface area contributed by atoms with Gasteiger partial charge in [-0.15, -0.1) is 0 Å². The average Bonchev–Trinajstić information content (AvgIpc) is 3.12. The van der Waals surface area contributed by atoms with Crippen LogP contribution in [0.4, 0.5) is 0 Å². The van der Waals surface area contributed by atoms with E-state index in [1.165, 1.54) is 20.8 Å². The van der Waals surface area contributed by atoms with Crippen LogP contribution in [0.5, 0.6) is 5.75 Å². The average molecular weight is 425 g/mol. The number of nitrogens with zero attached hydrogens (tertiary/aromatic N) is 2. The quantitative estimate of drug-likeness (QED) is 0.277. The summed E-state index contributed by atoms with van der Waals surface area (Å²) in [5.74, 6) is 3.19. The van der Waals surface area contributed by atoms with Gasteiger partial charge < -0.3 is 14.3 Å². The Labute approximate surface area is 178 Å². The molecule has 0 saturated heterocycles. The summed E-state index contributed by atoms with van der Waals surface area (Å²) in [7, 11) is 1.80. The normalized spacial score (nSPS) is 11.3. The lowest BCUT2D eigenvalue weighted by atomic mass is 9.94. The third-order valence-electron chi connectivity index (χ3n) is 4.86. The van der Waals surface area contributed by atoms with Crippen molar-refractivity contribution >= 4 is 28.8 Å². The van der Waals surface area contributed by atoms with Gasteiger partial charge in [0.25, 0.3) is 0 Å². The van der Waals surface area contributed by atoms with Crippen molar-refractivity contribution in [1.82, 2.24) is 9.78 Å². The zero-order chi connectivity index (χ0) is 22.8. The lowest BCUT2D eigenvalue weighted by Gasteiger charge is -2.19. The molecule has 3 rings (SSSR count). The second-order valence-corrected chi connectivity index (χ2v) is 7.54. The molecule has 0 aliphatic carbocycles. The number of nitrogens with two attached hydrogens (primary N) is 1. The second-order valence-electron chi connectivity index (χ2n) is 7.54. The van der Waals surface area contributed by atoms with Crippen LogP contribution in [-0.4, -0.2) is 27.7 Å². The standard InChI is InChI=1S/C22H23N3O6/c1-13(26)30-19-16(8-9-18-17(19)11-24-25(18)4)15-7-5-6-14(10-15)12-29-20(27)22(2,3)21(28)31-23/h5-11H,12,23H2,1-4H3. The molecule has 0 spiro atoms. The molecule has 0 radical (unpaired) electrons. The van der Waals surface area contributed by atoms with Crippen molar-refractivity contribution in [2.24, 2.45) is 18.4 Å². The highest BCUT2D eigenvalue weighted by molar-refractivity contribution is 5.99. The molecule has 0 atom stereocenters. The maximum atomic E-state index is 12.3. The maximum Gasteiger partial charge on any atom is 0.341 e. The van der Waals surface area contributed by atoms with E-state index >= 15 is 0 Å². The van der Waals surface area contributed by atoms with Gasteiger partial charge in [-0.25, -0.2) is 4.79 Å². The maximum absolute atomic E-state index is 12.3. The second kappa shape index (κ2) is 8.57. The van der Waals surface area contributed by atoms with Gasteiger partial charge in [0.15, 0.2) is 5.41 Å². The Balaban J connectivity index is 1.91. The highest BCUT2D eigenvalue weighted by atomic mass is 16.7. The number of benzene rings is 2. The van der Waals surface area contributed by atoms with Crippen LogP contribution >= 0.6 is 0 Å². The van der Waals surface area contributed by atoms with Crippen LogP contribution in [0, 0.1) is 5.41 Å². The van der Waals surface area contributed by atoms with Gasteiger partial charge in [0, 0.05) is 19.5 Å². The fourth-order valence-electron chi connectivity index (χ4n) is 3.07. The van der Waals surface area contributed by atoms with E-state index in [1.54, 1.807) is 30.1 Å². The van der Waals surface area contributed by atoms with Gasteiger partial charge in [0.05, 0.1) is 17.1 Å². The van der Waals surface area contributed by atoms with E-state index in [0.29, 0.717) is 22.3 Å². The van der Waals surface area contributed by atoms with E-state index in [9.17, 15) is 14.4 Å². The number of rotatable bonds is 6. The number of aromatic nitrogens is 2. The van der Waals surface area contributed by atoms with Gasteiger partial charge >= 0.3 is 17.9 Å². The molecule has 0 bridgehead atoms. The van der Waals surface area contributed by atoms with Crippen molar-refractivity contribution in [1.29, 1.82) is 0 Å². The predicted molar refractivity (Wildman–Crippen MR) is 111 cm³/mol. The lowest BCUT2D eigenvalue weighted by Crippen LogP contribution is -2.37. The molecule has 0 unspecified atom stereocenters. The van der Waals surface area contributed by atoms with Gasteiger partial charge in [0.2, 0.25) is 0 Å². The Kier molecular flexibility index (Phi) is 6.07. The van der Waals surface area contributed by atoms with E-state index in [-0.39, 0.29) is 6.61 Å². The summed E-state index contributed by atoms with van der Waals surface area (Å²) in [6.07, 6.45) is 1.64. The molecule has 0 fully saturated rings. The largest absolute Gasteiger partial charge is 0.460 e. The molecule has 31 heavy (non-hydrogen) atoms. The Morgan fingerprint density at radius 1 is 1.13 bits per heavy atom. The summed E-state index contributed by atoms with van der Waals surface area (Å²) in [5, 5.41) is 4.93. The predicted octanol–water partition coefficient (Wildman–Crippen LogP) is 2.65. The fraction of sp³-hybridized carbons (Fsp3) is 0.273.